The zero-order valence-electron chi connectivity index (χ0n) is 21.9. The normalized spacial score (nSPS) is 13.9. The lowest BCUT2D eigenvalue weighted by Crippen LogP contribution is -2.48. The predicted molar refractivity (Wildman–Crippen MR) is 144 cm³/mol. The van der Waals surface area contributed by atoms with Gasteiger partial charge in [0.25, 0.3) is 5.56 Å². The van der Waals surface area contributed by atoms with Crippen molar-refractivity contribution in [2.45, 2.75) is 26.8 Å². The SMILES string of the molecule is C=CC(=O)N1CCN(c2cc(=O)n(-c3c(C)cnn3C(C)C)c3nc(-c4c(O)cccc4F)c(F)cc23)CC1. The molecule has 0 unspecified atom stereocenters. The highest BCUT2D eigenvalue weighted by Crippen LogP contribution is 2.36. The van der Waals surface area contributed by atoms with Crippen molar-refractivity contribution in [3.63, 3.8) is 0 Å². The minimum Gasteiger partial charge on any atom is -0.507 e. The Morgan fingerprint density at radius 1 is 1.13 bits per heavy atom. The summed E-state index contributed by atoms with van der Waals surface area (Å²) in [5.41, 5.74) is -0.0224. The molecule has 0 radical (unpaired) electrons. The van der Waals surface area contributed by atoms with Crippen molar-refractivity contribution < 1.29 is 18.7 Å². The molecule has 11 heteroatoms. The Balaban J connectivity index is 1.79. The first-order chi connectivity index (χ1) is 18.6. The molecule has 1 aliphatic heterocycles. The molecule has 1 aliphatic rings. The zero-order valence-corrected chi connectivity index (χ0v) is 21.9. The van der Waals surface area contributed by atoms with E-state index >= 15 is 4.39 Å². The first-order valence-corrected chi connectivity index (χ1v) is 12.6. The van der Waals surface area contributed by atoms with Gasteiger partial charge in [0.2, 0.25) is 5.91 Å². The van der Waals surface area contributed by atoms with E-state index in [-0.39, 0.29) is 17.6 Å². The molecule has 0 bridgehead atoms. The van der Waals surface area contributed by atoms with Crippen molar-refractivity contribution in [2.24, 2.45) is 0 Å². The van der Waals surface area contributed by atoms with Crippen LogP contribution in [0.15, 0.2) is 54.0 Å². The van der Waals surface area contributed by atoms with Gasteiger partial charge in [-0.15, -0.1) is 0 Å². The third-order valence-electron chi connectivity index (χ3n) is 6.91. The maximum Gasteiger partial charge on any atom is 0.260 e. The molecule has 1 N–H and O–H groups in total. The summed E-state index contributed by atoms with van der Waals surface area (Å²) in [4.78, 5) is 33.9. The molecule has 1 saturated heterocycles. The topological polar surface area (TPSA) is 96.5 Å². The molecule has 9 nitrogen and oxygen atoms in total. The summed E-state index contributed by atoms with van der Waals surface area (Å²) in [6.45, 7) is 10.8. The second-order valence-electron chi connectivity index (χ2n) is 9.73. The van der Waals surface area contributed by atoms with E-state index in [1.165, 1.54) is 34.9 Å². The maximum absolute atomic E-state index is 15.7. The second-order valence-corrected chi connectivity index (χ2v) is 9.73. The summed E-state index contributed by atoms with van der Waals surface area (Å²) in [7, 11) is 0. The van der Waals surface area contributed by atoms with Crippen LogP contribution in [-0.4, -0.2) is 61.4 Å². The van der Waals surface area contributed by atoms with Gasteiger partial charge in [0, 0.05) is 49.2 Å². The maximum atomic E-state index is 15.7. The highest BCUT2D eigenvalue weighted by Gasteiger charge is 2.27. The summed E-state index contributed by atoms with van der Waals surface area (Å²) in [6, 6.07) is 6.18. The number of carbonyl (C=O) groups is 1. The average molecular weight is 535 g/mol. The van der Waals surface area contributed by atoms with Gasteiger partial charge < -0.3 is 14.9 Å². The molecule has 1 amide bonds. The first kappa shape index (κ1) is 26.1. The monoisotopic (exact) mass is 534 g/mol. The Hall–Kier alpha value is -4.54. The van der Waals surface area contributed by atoms with Crippen LogP contribution in [-0.2, 0) is 4.79 Å². The third-order valence-corrected chi connectivity index (χ3v) is 6.91. The van der Waals surface area contributed by atoms with E-state index < -0.39 is 34.2 Å². The lowest BCUT2D eigenvalue weighted by molar-refractivity contribution is -0.126. The molecule has 3 aromatic heterocycles. The van der Waals surface area contributed by atoms with Crippen molar-refractivity contribution in [1.29, 1.82) is 0 Å². The number of pyridine rings is 2. The van der Waals surface area contributed by atoms with E-state index in [0.29, 0.717) is 48.6 Å². The minimum atomic E-state index is -0.857. The summed E-state index contributed by atoms with van der Waals surface area (Å²) >= 11 is 0. The standard InChI is InChI=1S/C28H28F2N6O3/c1-5-23(38)34-11-9-33(10-12-34)21-14-24(39)35(28-17(4)15-31-36(28)16(2)3)27-18(21)13-20(30)26(32-27)25-19(29)7-6-8-22(25)37/h5-8,13-16,37H,1,9-12H2,2-4H3. The molecule has 1 fully saturated rings. The Morgan fingerprint density at radius 3 is 2.49 bits per heavy atom. The van der Waals surface area contributed by atoms with Crippen molar-refractivity contribution in [2.75, 3.05) is 31.1 Å². The van der Waals surface area contributed by atoms with E-state index in [1.807, 2.05) is 18.7 Å². The van der Waals surface area contributed by atoms with Crippen LogP contribution in [0.3, 0.4) is 0 Å². The smallest absolute Gasteiger partial charge is 0.260 e. The van der Waals surface area contributed by atoms with Crippen LogP contribution in [0.2, 0.25) is 0 Å². The largest absolute Gasteiger partial charge is 0.507 e. The molecule has 4 heterocycles. The fourth-order valence-electron chi connectivity index (χ4n) is 4.99. The lowest BCUT2D eigenvalue weighted by Gasteiger charge is -2.36. The number of carbonyl (C=O) groups excluding carboxylic acids is 1. The van der Waals surface area contributed by atoms with Crippen LogP contribution < -0.4 is 10.5 Å². The van der Waals surface area contributed by atoms with Gasteiger partial charge in [-0.2, -0.15) is 5.10 Å². The Labute approximate surface area is 223 Å². The minimum absolute atomic E-state index is 0.0895. The number of aromatic hydroxyl groups is 1. The average Bonchev–Trinajstić information content (AvgIpc) is 3.29. The quantitative estimate of drug-likeness (QED) is 0.390. The number of hydrogen-bond donors (Lipinski definition) is 1. The fourth-order valence-corrected chi connectivity index (χ4v) is 4.99. The molecular formula is C28H28F2N6O3. The van der Waals surface area contributed by atoms with Crippen molar-refractivity contribution in [3.8, 4) is 22.8 Å². The highest BCUT2D eigenvalue weighted by molar-refractivity contribution is 5.93. The van der Waals surface area contributed by atoms with Gasteiger partial charge in [-0.3, -0.25) is 9.59 Å². The van der Waals surface area contributed by atoms with E-state index in [4.69, 9.17) is 0 Å². The number of halogens is 2. The van der Waals surface area contributed by atoms with Crippen LogP contribution in [0.25, 0.3) is 28.1 Å². The number of hydrogen-bond acceptors (Lipinski definition) is 6. The van der Waals surface area contributed by atoms with Gasteiger partial charge in [-0.1, -0.05) is 12.6 Å². The highest BCUT2D eigenvalue weighted by atomic mass is 19.1. The van der Waals surface area contributed by atoms with Gasteiger partial charge in [0.05, 0.1) is 17.4 Å². The number of nitrogens with zero attached hydrogens (tertiary/aromatic N) is 6. The van der Waals surface area contributed by atoms with E-state index in [2.05, 4.69) is 16.7 Å². The van der Waals surface area contributed by atoms with Gasteiger partial charge in [0.15, 0.2) is 11.5 Å². The van der Waals surface area contributed by atoms with Crippen LogP contribution in [0.5, 0.6) is 5.75 Å². The van der Waals surface area contributed by atoms with Crippen molar-refractivity contribution in [3.05, 3.63) is 76.7 Å². The number of piperazine rings is 1. The second kappa shape index (κ2) is 9.97. The van der Waals surface area contributed by atoms with E-state index in [1.54, 1.807) is 22.7 Å². The van der Waals surface area contributed by atoms with Crippen LogP contribution >= 0.6 is 0 Å². The molecule has 0 atom stereocenters. The van der Waals surface area contributed by atoms with Crippen LogP contribution in [0.1, 0.15) is 25.5 Å². The fraction of sp³-hybridized carbons (Fsp3) is 0.286. The molecule has 0 saturated carbocycles. The summed E-state index contributed by atoms with van der Waals surface area (Å²) in [6.07, 6.45) is 2.88. The number of fused-ring (bicyclic) bond motifs is 1. The van der Waals surface area contributed by atoms with Crippen molar-refractivity contribution >= 4 is 22.6 Å². The molecule has 39 heavy (non-hydrogen) atoms. The van der Waals surface area contributed by atoms with Gasteiger partial charge in [0.1, 0.15) is 23.1 Å². The molecule has 4 aromatic rings. The summed E-state index contributed by atoms with van der Waals surface area (Å²) < 4.78 is 33.5. The van der Waals surface area contributed by atoms with E-state index in [0.717, 1.165) is 6.07 Å². The number of aryl methyl sites for hydroxylation is 1. The van der Waals surface area contributed by atoms with Crippen molar-refractivity contribution in [1.82, 2.24) is 24.2 Å². The Bertz CT molecular complexity index is 1650. The Kier molecular flexibility index (Phi) is 6.67. The van der Waals surface area contributed by atoms with Crippen LogP contribution in [0, 0.1) is 18.6 Å². The molecule has 0 aliphatic carbocycles. The van der Waals surface area contributed by atoms with Crippen LogP contribution in [0.4, 0.5) is 14.5 Å². The number of phenols is 1. The summed E-state index contributed by atoms with van der Waals surface area (Å²) in [5, 5.41) is 15.1. The predicted octanol–water partition coefficient (Wildman–Crippen LogP) is 3.96. The molecule has 1 aromatic carbocycles. The number of phenolic OH excluding ortho intramolecular Hbond substituents is 1. The molecular weight excluding hydrogens is 506 g/mol. The van der Waals surface area contributed by atoms with Gasteiger partial charge in [-0.05, 0) is 45.0 Å². The third kappa shape index (κ3) is 4.43. The first-order valence-electron chi connectivity index (χ1n) is 12.6. The number of amides is 1. The molecule has 0 spiro atoms. The number of anilines is 1. The number of aromatic nitrogens is 4. The van der Waals surface area contributed by atoms with Gasteiger partial charge in [-0.25, -0.2) is 23.0 Å². The summed E-state index contributed by atoms with van der Waals surface area (Å²) in [5.74, 6) is -1.91. The zero-order chi connectivity index (χ0) is 28.0. The lowest BCUT2D eigenvalue weighted by atomic mass is 10.1. The number of benzene rings is 1. The molecule has 202 valence electrons. The Morgan fingerprint density at radius 2 is 1.85 bits per heavy atom. The van der Waals surface area contributed by atoms with E-state index in [9.17, 15) is 19.1 Å². The molecule has 5 rings (SSSR count). The van der Waals surface area contributed by atoms with Gasteiger partial charge >= 0.3 is 0 Å². The number of rotatable bonds is 5.